The van der Waals surface area contributed by atoms with Gasteiger partial charge in [0, 0.05) is 24.5 Å². The largest absolute Gasteiger partial charge is 0.378 e. The minimum Gasteiger partial charge on any atom is -0.378 e. The number of carbonyl (C=O) groups is 1. The molecule has 5 nitrogen and oxygen atoms in total. The van der Waals surface area contributed by atoms with E-state index >= 15 is 0 Å². The van der Waals surface area contributed by atoms with Crippen LogP contribution in [0, 0.1) is 6.92 Å². The number of nitrogens with two attached hydrogens (primary N) is 1. The lowest BCUT2D eigenvalue weighted by Gasteiger charge is -2.15. The van der Waals surface area contributed by atoms with E-state index < -0.39 is 0 Å². The van der Waals surface area contributed by atoms with Gasteiger partial charge in [-0.2, -0.15) is 5.10 Å². The molecule has 0 spiro atoms. The zero-order chi connectivity index (χ0) is 14.7. The number of carbonyl (C=O) groups excluding carboxylic acids is 1. The van der Waals surface area contributed by atoms with Gasteiger partial charge < -0.3 is 11.1 Å². The molecule has 1 unspecified atom stereocenters. The van der Waals surface area contributed by atoms with Gasteiger partial charge in [-0.3, -0.25) is 9.48 Å². The number of aryl methyl sites for hydroxylation is 2. The van der Waals surface area contributed by atoms with Crippen molar-refractivity contribution < 1.29 is 4.79 Å². The van der Waals surface area contributed by atoms with Crippen LogP contribution in [0.2, 0.25) is 0 Å². The van der Waals surface area contributed by atoms with Crippen molar-refractivity contribution in [1.82, 2.24) is 9.78 Å². The highest BCUT2D eigenvalue weighted by molar-refractivity contribution is 5.76. The van der Waals surface area contributed by atoms with Gasteiger partial charge in [-0.25, -0.2) is 0 Å². The van der Waals surface area contributed by atoms with E-state index in [0.717, 1.165) is 16.9 Å². The molecule has 0 saturated carbocycles. The Morgan fingerprint density at radius 2 is 2.05 bits per heavy atom. The number of nitrogens with zero attached hydrogens (tertiary/aromatic N) is 2. The fraction of sp³-hybridized carbons (Fsp3) is 0.333. The molecule has 0 aliphatic carbocycles. The third-order valence-electron chi connectivity index (χ3n) is 3.23. The minimum absolute atomic E-state index is 0.172. The summed E-state index contributed by atoms with van der Waals surface area (Å²) in [4.78, 5) is 10.9. The maximum absolute atomic E-state index is 10.9. The van der Waals surface area contributed by atoms with Crippen molar-refractivity contribution >= 4 is 11.6 Å². The van der Waals surface area contributed by atoms with Gasteiger partial charge in [0.2, 0.25) is 5.91 Å². The Balaban J connectivity index is 2.06. The summed E-state index contributed by atoms with van der Waals surface area (Å²) < 4.78 is 1.82. The Hall–Kier alpha value is -2.30. The molecule has 1 aromatic carbocycles. The number of aromatic nitrogens is 2. The predicted octanol–water partition coefficient (Wildman–Crippen LogP) is 1.93. The van der Waals surface area contributed by atoms with Crippen molar-refractivity contribution in [2.75, 3.05) is 5.32 Å². The average molecular weight is 272 g/mol. The van der Waals surface area contributed by atoms with Crippen molar-refractivity contribution in [3.05, 3.63) is 47.3 Å². The number of nitrogens with one attached hydrogen (secondary N) is 1. The Bertz CT molecular complexity index is 601. The van der Waals surface area contributed by atoms with Crippen LogP contribution in [0.3, 0.4) is 0 Å². The van der Waals surface area contributed by atoms with Crippen LogP contribution < -0.4 is 11.1 Å². The van der Waals surface area contributed by atoms with Gasteiger partial charge in [0.1, 0.15) is 0 Å². The first-order chi connectivity index (χ1) is 9.45. The van der Waals surface area contributed by atoms with Crippen LogP contribution in [-0.4, -0.2) is 15.7 Å². The van der Waals surface area contributed by atoms with Crippen LogP contribution in [-0.2, 0) is 18.3 Å². The summed E-state index contributed by atoms with van der Waals surface area (Å²) in [6.07, 6.45) is 2.30. The van der Waals surface area contributed by atoms with Crippen LogP contribution in [0.4, 0.5) is 5.69 Å². The van der Waals surface area contributed by atoms with Crippen LogP contribution >= 0.6 is 0 Å². The van der Waals surface area contributed by atoms with Crippen molar-refractivity contribution in [3.8, 4) is 0 Å². The monoisotopic (exact) mass is 272 g/mol. The summed E-state index contributed by atoms with van der Waals surface area (Å²) >= 11 is 0. The van der Waals surface area contributed by atoms with Gasteiger partial charge in [0.15, 0.2) is 0 Å². The maximum Gasteiger partial charge on any atom is 0.221 e. The number of primary amides is 1. The zero-order valence-electron chi connectivity index (χ0n) is 12.1. The fourth-order valence-corrected chi connectivity index (χ4v) is 2.29. The van der Waals surface area contributed by atoms with Crippen molar-refractivity contribution in [3.63, 3.8) is 0 Å². The number of rotatable bonds is 5. The molecule has 0 saturated heterocycles. The standard InChI is InChI=1S/C15H20N4O/c1-10(14-9-19(3)18-11(14)2)17-13-6-4-12(5-7-13)8-15(16)20/h4-7,9-10,17H,8H2,1-3H3,(H2,16,20). The Morgan fingerprint density at radius 3 is 2.55 bits per heavy atom. The molecule has 1 heterocycles. The van der Waals surface area contributed by atoms with E-state index in [9.17, 15) is 4.79 Å². The Morgan fingerprint density at radius 1 is 1.40 bits per heavy atom. The minimum atomic E-state index is -0.315. The molecule has 1 atom stereocenters. The molecule has 0 aliphatic rings. The average Bonchev–Trinajstić information content (AvgIpc) is 2.70. The first-order valence-electron chi connectivity index (χ1n) is 6.59. The summed E-state index contributed by atoms with van der Waals surface area (Å²) in [5, 5.41) is 7.77. The second-order valence-corrected chi connectivity index (χ2v) is 5.05. The summed E-state index contributed by atoms with van der Waals surface area (Å²) in [7, 11) is 1.92. The molecule has 0 aliphatic heterocycles. The lowest BCUT2D eigenvalue weighted by atomic mass is 10.1. The van der Waals surface area contributed by atoms with E-state index in [1.807, 2.05) is 49.1 Å². The normalized spacial score (nSPS) is 12.2. The molecule has 0 fully saturated rings. The number of amides is 1. The van der Waals surface area contributed by atoms with Gasteiger partial charge >= 0.3 is 0 Å². The van der Waals surface area contributed by atoms with E-state index in [4.69, 9.17) is 5.73 Å². The summed E-state index contributed by atoms with van der Waals surface area (Å²) in [6.45, 7) is 4.10. The lowest BCUT2D eigenvalue weighted by Crippen LogP contribution is -2.13. The number of hydrogen-bond acceptors (Lipinski definition) is 3. The molecular weight excluding hydrogens is 252 g/mol. The number of anilines is 1. The topological polar surface area (TPSA) is 72.9 Å². The molecule has 1 amide bonds. The molecule has 2 aromatic rings. The van der Waals surface area contributed by atoms with Gasteiger partial charge in [-0.05, 0) is 31.5 Å². The molecule has 3 N–H and O–H groups in total. The molecule has 20 heavy (non-hydrogen) atoms. The number of benzene rings is 1. The Labute approximate surface area is 118 Å². The molecule has 106 valence electrons. The molecular formula is C15H20N4O. The van der Waals surface area contributed by atoms with E-state index in [1.54, 1.807) is 0 Å². The molecule has 0 bridgehead atoms. The van der Waals surface area contributed by atoms with Gasteiger partial charge in [-0.1, -0.05) is 12.1 Å². The maximum atomic E-state index is 10.9. The quantitative estimate of drug-likeness (QED) is 0.873. The first kappa shape index (κ1) is 14.1. The van der Waals surface area contributed by atoms with Crippen molar-refractivity contribution in [2.24, 2.45) is 12.8 Å². The highest BCUT2D eigenvalue weighted by Gasteiger charge is 2.11. The summed E-state index contributed by atoms with van der Waals surface area (Å²) in [5.41, 5.74) is 9.31. The summed E-state index contributed by atoms with van der Waals surface area (Å²) in [5.74, 6) is -0.315. The van der Waals surface area contributed by atoms with E-state index in [1.165, 1.54) is 5.56 Å². The molecule has 1 aromatic heterocycles. The predicted molar refractivity (Wildman–Crippen MR) is 79.3 cm³/mol. The number of hydrogen-bond donors (Lipinski definition) is 2. The van der Waals surface area contributed by atoms with Crippen LogP contribution in [0.15, 0.2) is 30.5 Å². The molecule has 0 radical (unpaired) electrons. The highest BCUT2D eigenvalue weighted by atomic mass is 16.1. The van der Waals surface area contributed by atoms with E-state index in [-0.39, 0.29) is 18.4 Å². The van der Waals surface area contributed by atoms with E-state index in [2.05, 4.69) is 17.3 Å². The fourth-order valence-electron chi connectivity index (χ4n) is 2.29. The second-order valence-electron chi connectivity index (χ2n) is 5.05. The SMILES string of the molecule is Cc1nn(C)cc1C(C)Nc1ccc(CC(N)=O)cc1. The third-order valence-corrected chi connectivity index (χ3v) is 3.23. The van der Waals surface area contributed by atoms with Crippen molar-refractivity contribution in [1.29, 1.82) is 0 Å². The first-order valence-corrected chi connectivity index (χ1v) is 6.59. The molecule has 5 heteroatoms. The summed E-state index contributed by atoms with van der Waals surface area (Å²) in [6, 6.07) is 7.91. The zero-order valence-corrected chi connectivity index (χ0v) is 12.1. The van der Waals surface area contributed by atoms with E-state index in [0.29, 0.717) is 0 Å². The highest BCUT2D eigenvalue weighted by Crippen LogP contribution is 2.21. The van der Waals surface area contributed by atoms with Crippen molar-refractivity contribution in [2.45, 2.75) is 26.3 Å². The Kier molecular flexibility index (Phi) is 4.08. The van der Waals surface area contributed by atoms with Crippen LogP contribution in [0.25, 0.3) is 0 Å². The lowest BCUT2D eigenvalue weighted by molar-refractivity contribution is -0.117. The smallest absolute Gasteiger partial charge is 0.221 e. The van der Waals surface area contributed by atoms with Gasteiger partial charge in [-0.15, -0.1) is 0 Å². The van der Waals surface area contributed by atoms with Gasteiger partial charge in [0.05, 0.1) is 18.2 Å². The third kappa shape index (κ3) is 3.38. The van der Waals surface area contributed by atoms with Gasteiger partial charge in [0.25, 0.3) is 0 Å². The second kappa shape index (κ2) is 5.77. The molecule has 2 rings (SSSR count). The van der Waals surface area contributed by atoms with Crippen LogP contribution in [0.1, 0.15) is 29.8 Å². The van der Waals surface area contributed by atoms with Crippen LogP contribution in [0.5, 0.6) is 0 Å².